The van der Waals surface area contributed by atoms with E-state index in [0.29, 0.717) is 5.56 Å². The first-order valence-electron chi connectivity index (χ1n) is 5.23. The lowest BCUT2D eigenvalue weighted by atomic mass is 10.0. The maximum atomic E-state index is 11.7. The van der Waals surface area contributed by atoms with Crippen molar-refractivity contribution in [1.82, 2.24) is 5.32 Å². The molecule has 0 radical (unpaired) electrons. The summed E-state index contributed by atoms with van der Waals surface area (Å²) in [5, 5.41) is 14.7. The number of nitrogens with one attached hydrogen (secondary N) is 2. The highest BCUT2D eigenvalue weighted by atomic mass is 16.2. The number of carbonyl (C=O) groups is 1. The molecule has 0 spiro atoms. The molecule has 0 saturated carbocycles. The first kappa shape index (κ1) is 10.7. The number of benzene rings is 1. The lowest BCUT2D eigenvalue weighted by molar-refractivity contribution is -0.121. The van der Waals surface area contributed by atoms with Crippen LogP contribution in [0.4, 0.5) is 5.69 Å². The molecule has 1 aromatic carbocycles. The smallest absolute Gasteiger partial charge is 0.230 e. The van der Waals surface area contributed by atoms with Crippen LogP contribution in [0.15, 0.2) is 18.2 Å². The fourth-order valence-electron chi connectivity index (χ4n) is 1.54. The van der Waals surface area contributed by atoms with Gasteiger partial charge in [0.2, 0.25) is 5.91 Å². The van der Waals surface area contributed by atoms with Gasteiger partial charge in [-0.2, -0.15) is 5.26 Å². The molecule has 82 valence electrons. The molecule has 1 aromatic rings. The number of anilines is 1. The van der Waals surface area contributed by atoms with Crippen molar-refractivity contribution in [1.29, 1.82) is 5.26 Å². The van der Waals surface area contributed by atoms with E-state index < -0.39 is 0 Å². The third-order valence-electron chi connectivity index (χ3n) is 2.78. The Bertz CT molecular complexity index is 458. The largest absolute Gasteiger partial charge is 0.325 e. The molecule has 0 aromatic heterocycles. The standard InChI is InChI=1S/C12H13N3O/c1-8-2-3-9(5-13)4-11(8)15-12(16)10-6-14-7-10/h2-4,10,14H,6-7H2,1H3,(H,15,16). The molecular weight excluding hydrogens is 202 g/mol. The summed E-state index contributed by atoms with van der Waals surface area (Å²) in [5.74, 6) is 0.0853. The molecule has 2 rings (SSSR count). The van der Waals surface area contributed by atoms with Crippen LogP contribution in [-0.4, -0.2) is 19.0 Å². The van der Waals surface area contributed by atoms with Crippen molar-refractivity contribution < 1.29 is 4.79 Å². The van der Waals surface area contributed by atoms with Crippen molar-refractivity contribution in [3.63, 3.8) is 0 Å². The van der Waals surface area contributed by atoms with Crippen LogP contribution in [0.2, 0.25) is 0 Å². The van der Waals surface area contributed by atoms with Crippen molar-refractivity contribution in [2.75, 3.05) is 18.4 Å². The third-order valence-corrected chi connectivity index (χ3v) is 2.78. The van der Waals surface area contributed by atoms with Gasteiger partial charge in [-0.15, -0.1) is 0 Å². The molecule has 0 unspecified atom stereocenters. The summed E-state index contributed by atoms with van der Waals surface area (Å²) in [7, 11) is 0. The van der Waals surface area contributed by atoms with Gasteiger partial charge in [0, 0.05) is 18.8 Å². The lowest BCUT2D eigenvalue weighted by Gasteiger charge is -2.26. The summed E-state index contributed by atoms with van der Waals surface area (Å²) in [6.45, 7) is 3.39. The molecule has 1 heterocycles. The van der Waals surface area contributed by atoms with Crippen molar-refractivity contribution in [3.05, 3.63) is 29.3 Å². The minimum Gasteiger partial charge on any atom is -0.325 e. The zero-order chi connectivity index (χ0) is 11.5. The van der Waals surface area contributed by atoms with Gasteiger partial charge in [-0.25, -0.2) is 0 Å². The van der Waals surface area contributed by atoms with Gasteiger partial charge < -0.3 is 10.6 Å². The molecule has 1 amide bonds. The van der Waals surface area contributed by atoms with Gasteiger partial charge in [0.15, 0.2) is 0 Å². The van der Waals surface area contributed by atoms with E-state index >= 15 is 0 Å². The van der Waals surface area contributed by atoms with E-state index in [1.54, 1.807) is 12.1 Å². The van der Waals surface area contributed by atoms with Gasteiger partial charge in [0.05, 0.1) is 17.6 Å². The number of rotatable bonds is 2. The molecule has 1 fully saturated rings. The van der Waals surface area contributed by atoms with Crippen molar-refractivity contribution in [2.24, 2.45) is 5.92 Å². The predicted octanol–water partition coefficient (Wildman–Crippen LogP) is 1.02. The number of carbonyl (C=O) groups excluding carboxylic acids is 1. The van der Waals surface area contributed by atoms with Gasteiger partial charge in [-0.05, 0) is 24.6 Å². The Morgan fingerprint density at radius 1 is 1.56 bits per heavy atom. The van der Waals surface area contributed by atoms with Gasteiger partial charge >= 0.3 is 0 Å². The Balaban J connectivity index is 2.13. The SMILES string of the molecule is Cc1ccc(C#N)cc1NC(=O)C1CNC1. The highest BCUT2D eigenvalue weighted by Crippen LogP contribution is 2.18. The quantitative estimate of drug-likeness (QED) is 0.774. The molecular formula is C12H13N3O. The molecule has 1 saturated heterocycles. The van der Waals surface area contributed by atoms with E-state index in [1.165, 1.54) is 0 Å². The topological polar surface area (TPSA) is 64.9 Å². The van der Waals surface area contributed by atoms with Crippen LogP contribution in [0.5, 0.6) is 0 Å². The maximum Gasteiger partial charge on any atom is 0.230 e. The minimum atomic E-state index is 0.0249. The average Bonchev–Trinajstić information content (AvgIpc) is 2.18. The lowest BCUT2D eigenvalue weighted by Crippen LogP contribution is -2.48. The zero-order valence-electron chi connectivity index (χ0n) is 9.08. The summed E-state index contributed by atoms with van der Waals surface area (Å²) in [6.07, 6.45) is 0. The average molecular weight is 215 g/mol. The Hall–Kier alpha value is -1.86. The van der Waals surface area contributed by atoms with Crippen LogP contribution in [0.3, 0.4) is 0 Å². The molecule has 1 aliphatic heterocycles. The minimum absolute atomic E-state index is 0.0249. The van der Waals surface area contributed by atoms with Crippen LogP contribution < -0.4 is 10.6 Å². The van der Waals surface area contributed by atoms with Crippen LogP contribution in [-0.2, 0) is 4.79 Å². The van der Waals surface area contributed by atoms with Gasteiger partial charge in [-0.3, -0.25) is 4.79 Å². The van der Waals surface area contributed by atoms with E-state index in [9.17, 15) is 4.79 Å². The Morgan fingerprint density at radius 3 is 2.88 bits per heavy atom. The summed E-state index contributed by atoms with van der Waals surface area (Å²) in [5.41, 5.74) is 2.27. The second kappa shape index (κ2) is 4.33. The molecule has 1 aliphatic rings. The summed E-state index contributed by atoms with van der Waals surface area (Å²) in [6, 6.07) is 7.36. The Morgan fingerprint density at radius 2 is 2.31 bits per heavy atom. The monoisotopic (exact) mass is 215 g/mol. The molecule has 2 N–H and O–H groups in total. The fourth-order valence-corrected chi connectivity index (χ4v) is 1.54. The first-order valence-corrected chi connectivity index (χ1v) is 5.23. The van der Waals surface area contributed by atoms with Gasteiger partial charge in [-0.1, -0.05) is 6.07 Å². The van der Waals surface area contributed by atoms with Crippen LogP contribution in [0, 0.1) is 24.2 Å². The van der Waals surface area contributed by atoms with Gasteiger partial charge in [0.25, 0.3) is 0 Å². The van der Waals surface area contributed by atoms with Crippen LogP contribution in [0.25, 0.3) is 0 Å². The van der Waals surface area contributed by atoms with Crippen LogP contribution in [0.1, 0.15) is 11.1 Å². The summed E-state index contributed by atoms with van der Waals surface area (Å²) >= 11 is 0. The molecule has 0 aliphatic carbocycles. The second-order valence-corrected chi connectivity index (χ2v) is 3.99. The maximum absolute atomic E-state index is 11.7. The zero-order valence-corrected chi connectivity index (χ0v) is 9.08. The normalized spacial score (nSPS) is 15.0. The number of nitriles is 1. The summed E-state index contributed by atoms with van der Waals surface area (Å²) < 4.78 is 0. The molecule has 16 heavy (non-hydrogen) atoms. The number of nitrogens with zero attached hydrogens (tertiary/aromatic N) is 1. The molecule has 4 heteroatoms. The van der Waals surface area contributed by atoms with E-state index in [2.05, 4.69) is 16.7 Å². The highest BCUT2D eigenvalue weighted by molar-refractivity contribution is 5.94. The van der Waals surface area contributed by atoms with Crippen molar-refractivity contribution >= 4 is 11.6 Å². The second-order valence-electron chi connectivity index (χ2n) is 3.99. The molecule has 4 nitrogen and oxygen atoms in total. The van der Waals surface area contributed by atoms with E-state index in [0.717, 1.165) is 24.3 Å². The predicted molar refractivity (Wildman–Crippen MR) is 60.9 cm³/mol. The molecule has 0 atom stereocenters. The Kier molecular flexibility index (Phi) is 2.88. The van der Waals surface area contributed by atoms with Crippen molar-refractivity contribution in [2.45, 2.75) is 6.92 Å². The van der Waals surface area contributed by atoms with E-state index in [4.69, 9.17) is 5.26 Å². The number of amides is 1. The number of aryl methyl sites for hydroxylation is 1. The molecule has 0 bridgehead atoms. The van der Waals surface area contributed by atoms with Gasteiger partial charge in [0.1, 0.15) is 0 Å². The number of hydrogen-bond donors (Lipinski definition) is 2. The first-order chi connectivity index (χ1) is 7.70. The summed E-state index contributed by atoms with van der Waals surface area (Å²) in [4.78, 5) is 11.7. The number of hydrogen-bond acceptors (Lipinski definition) is 3. The van der Waals surface area contributed by atoms with Crippen molar-refractivity contribution in [3.8, 4) is 6.07 Å². The third kappa shape index (κ3) is 2.05. The fraction of sp³-hybridized carbons (Fsp3) is 0.333. The Labute approximate surface area is 94.3 Å². The van der Waals surface area contributed by atoms with E-state index in [-0.39, 0.29) is 11.8 Å². The van der Waals surface area contributed by atoms with Crippen LogP contribution >= 0.6 is 0 Å². The van der Waals surface area contributed by atoms with E-state index in [1.807, 2.05) is 13.0 Å². The highest BCUT2D eigenvalue weighted by Gasteiger charge is 2.24.